The Morgan fingerprint density at radius 2 is 1.86 bits per heavy atom. The molecule has 4 amide bonds. The first-order valence-corrected chi connectivity index (χ1v) is 10.3. The minimum absolute atomic E-state index is 0.124. The van der Waals surface area contributed by atoms with Crippen molar-refractivity contribution in [3.05, 3.63) is 23.8 Å². The minimum Gasteiger partial charge on any atom is -0.490 e. The standard InChI is InChI=1S/C21H27N3O5/c1-13(18(25)22-15-6-3-4-7-15)24-19(26)21(2,23-20(24)27)14-8-9-16-17(12-14)29-11-5-10-28-16/h8-9,12-13,15H,3-7,10-11H2,1-2H3,(H,22,25)(H,23,27)/t13-,21+/m0/s1. The summed E-state index contributed by atoms with van der Waals surface area (Å²) >= 11 is 0. The van der Waals surface area contributed by atoms with Crippen LogP contribution in [0.15, 0.2) is 18.2 Å². The lowest BCUT2D eigenvalue weighted by Gasteiger charge is -2.26. The van der Waals surface area contributed by atoms with Crippen molar-refractivity contribution in [2.24, 2.45) is 0 Å². The summed E-state index contributed by atoms with van der Waals surface area (Å²) in [5, 5.41) is 5.72. The zero-order valence-corrected chi connectivity index (χ0v) is 16.8. The van der Waals surface area contributed by atoms with Crippen molar-refractivity contribution in [3.63, 3.8) is 0 Å². The average molecular weight is 401 g/mol. The van der Waals surface area contributed by atoms with Crippen LogP contribution in [0.2, 0.25) is 0 Å². The van der Waals surface area contributed by atoms with Gasteiger partial charge in [-0.25, -0.2) is 9.69 Å². The minimum atomic E-state index is -1.27. The van der Waals surface area contributed by atoms with Crippen LogP contribution in [-0.4, -0.2) is 48.0 Å². The molecule has 0 bridgehead atoms. The molecule has 2 N–H and O–H groups in total. The highest BCUT2D eigenvalue weighted by Crippen LogP contribution is 2.37. The van der Waals surface area contributed by atoms with Gasteiger partial charge in [0.15, 0.2) is 11.5 Å². The number of hydrogen-bond acceptors (Lipinski definition) is 5. The molecule has 3 aliphatic rings. The molecule has 0 aromatic heterocycles. The average Bonchev–Trinajstić information content (AvgIpc) is 3.19. The van der Waals surface area contributed by atoms with E-state index in [1.807, 2.05) is 0 Å². The Hall–Kier alpha value is -2.77. The topological polar surface area (TPSA) is 97.0 Å². The summed E-state index contributed by atoms with van der Waals surface area (Å²) in [5.74, 6) is 0.413. The maximum absolute atomic E-state index is 13.2. The summed E-state index contributed by atoms with van der Waals surface area (Å²) in [5.41, 5.74) is -0.685. The van der Waals surface area contributed by atoms with E-state index in [4.69, 9.17) is 9.47 Å². The predicted octanol–water partition coefficient (Wildman–Crippen LogP) is 2.06. The van der Waals surface area contributed by atoms with E-state index in [9.17, 15) is 14.4 Å². The van der Waals surface area contributed by atoms with E-state index in [2.05, 4.69) is 10.6 Å². The second-order valence-electron chi connectivity index (χ2n) is 8.11. The fourth-order valence-corrected chi connectivity index (χ4v) is 4.19. The number of benzene rings is 1. The number of nitrogens with one attached hydrogen (secondary N) is 2. The summed E-state index contributed by atoms with van der Waals surface area (Å²) < 4.78 is 11.4. The molecule has 2 heterocycles. The first-order chi connectivity index (χ1) is 13.9. The van der Waals surface area contributed by atoms with E-state index in [-0.39, 0.29) is 11.9 Å². The molecule has 1 saturated carbocycles. The van der Waals surface area contributed by atoms with Gasteiger partial charge in [0.25, 0.3) is 5.91 Å². The molecule has 156 valence electrons. The third-order valence-corrected chi connectivity index (χ3v) is 6.02. The number of hydrogen-bond donors (Lipinski definition) is 2. The fraction of sp³-hybridized carbons (Fsp3) is 0.571. The zero-order valence-electron chi connectivity index (χ0n) is 16.8. The van der Waals surface area contributed by atoms with Crippen LogP contribution in [0.3, 0.4) is 0 Å². The monoisotopic (exact) mass is 401 g/mol. The van der Waals surface area contributed by atoms with Crippen molar-refractivity contribution in [2.75, 3.05) is 13.2 Å². The Labute approximate surface area is 169 Å². The molecule has 2 fully saturated rings. The van der Waals surface area contributed by atoms with E-state index in [0.717, 1.165) is 37.0 Å². The molecule has 2 aliphatic heterocycles. The van der Waals surface area contributed by atoms with Crippen LogP contribution in [0.25, 0.3) is 0 Å². The second-order valence-corrected chi connectivity index (χ2v) is 8.11. The van der Waals surface area contributed by atoms with Crippen LogP contribution < -0.4 is 20.1 Å². The number of amides is 4. The molecular formula is C21H27N3O5. The van der Waals surface area contributed by atoms with E-state index >= 15 is 0 Å². The Bertz CT molecular complexity index is 836. The van der Waals surface area contributed by atoms with Gasteiger partial charge in [0.2, 0.25) is 5.91 Å². The van der Waals surface area contributed by atoms with Gasteiger partial charge in [-0.15, -0.1) is 0 Å². The van der Waals surface area contributed by atoms with Crippen molar-refractivity contribution < 1.29 is 23.9 Å². The Morgan fingerprint density at radius 1 is 1.17 bits per heavy atom. The molecule has 8 heteroatoms. The highest BCUT2D eigenvalue weighted by Gasteiger charge is 2.52. The number of urea groups is 1. The number of carbonyl (C=O) groups is 3. The normalized spacial score (nSPS) is 25.5. The largest absolute Gasteiger partial charge is 0.490 e. The molecule has 1 aromatic rings. The molecule has 0 radical (unpaired) electrons. The molecule has 8 nitrogen and oxygen atoms in total. The van der Waals surface area contributed by atoms with Gasteiger partial charge in [0.1, 0.15) is 11.6 Å². The van der Waals surface area contributed by atoms with Gasteiger partial charge in [-0.05, 0) is 44.4 Å². The number of imide groups is 1. The summed E-state index contributed by atoms with van der Waals surface area (Å²) in [4.78, 5) is 39.6. The zero-order chi connectivity index (χ0) is 20.6. The molecule has 4 rings (SSSR count). The van der Waals surface area contributed by atoms with E-state index in [1.165, 1.54) is 0 Å². The predicted molar refractivity (Wildman–Crippen MR) is 105 cm³/mol. The molecule has 1 aliphatic carbocycles. The van der Waals surface area contributed by atoms with Crippen molar-refractivity contribution in [3.8, 4) is 11.5 Å². The first kappa shape index (κ1) is 19.5. The molecule has 0 unspecified atom stereocenters. The molecule has 1 saturated heterocycles. The second kappa shape index (κ2) is 7.57. The van der Waals surface area contributed by atoms with Crippen molar-refractivity contribution in [1.82, 2.24) is 15.5 Å². The summed E-state index contributed by atoms with van der Waals surface area (Å²) in [6, 6.07) is 3.90. The number of rotatable bonds is 4. The molecule has 29 heavy (non-hydrogen) atoms. The number of nitrogens with zero attached hydrogens (tertiary/aromatic N) is 1. The Kier molecular flexibility index (Phi) is 5.10. The van der Waals surface area contributed by atoms with Gasteiger partial charge in [0, 0.05) is 12.5 Å². The Balaban J connectivity index is 1.55. The summed E-state index contributed by atoms with van der Waals surface area (Å²) in [6.45, 7) is 4.33. The van der Waals surface area contributed by atoms with E-state index in [1.54, 1.807) is 32.0 Å². The third-order valence-electron chi connectivity index (χ3n) is 6.02. The maximum atomic E-state index is 13.2. The fourth-order valence-electron chi connectivity index (χ4n) is 4.19. The smallest absolute Gasteiger partial charge is 0.326 e. The highest BCUT2D eigenvalue weighted by atomic mass is 16.5. The lowest BCUT2D eigenvalue weighted by atomic mass is 9.91. The van der Waals surface area contributed by atoms with Crippen molar-refractivity contribution >= 4 is 17.8 Å². The summed E-state index contributed by atoms with van der Waals surface area (Å²) in [6.07, 6.45) is 4.83. The molecular weight excluding hydrogens is 374 g/mol. The van der Waals surface area contributed by atoms with Gasteiger partial charge in [-0.3, -0.25) is 9.59 Å². The van der Waals surface area contributed by atoms with Crippen LogP contribution in [0.4, 0.5) is 4.79 Å². The number of carbonyl (C=O) groups excluding carboxylic acids is 3. The van der Waals surface area contributed by atoms with Crippen LogP contribution >= 0.6 is 0 Å². The third kappa shape index (κ3) is 3.52. The van der Waals surface area contributed by atoms with Crippen molar-refractivity contribution in [2.45, 2.75) is 63.6 Å². The highest BCUT2D eigenvalue weighted by molar-refractivity contribution is 6.10. The van der Waals surface area contributed by atoms with E-state index in [0.29, 0.717) is 30.3 Å². The van der Waals surface area contributed by atoms with Gasteiger partial charge in [-0.2, -0.15) is 0 Å². The lowest BCUT2D eigenvalue weighted by molar-refractivity contribution is -0.138. The van der Waals surface area contributed by atoms with Crippen LogP contribution in [0.5, 0.6) is 11.5 Å². The SMILES string of the molecule is C[C@@H](C(=O)NC1CCCC1)N1C(=O)N[C@](C)(c2ccc3c(c2)OCCCO3)C1=O. The van der Waals surface area contributed by atoms with Gasteiger partial charge in [-0.1, -0.05) is 18.9 Å². The Morgan fingerprint density at radius 3 is 2.59 bits per heavy atom. The van der Waals surface area contributed by atoms with Crippen LogP contribution in [0, 0.1) is 0 Å². The number of fused-ring (bicyclic) bond motifs is 1. The lowest BCUT2D eigenvalue weighted by Crippen LogP contribution is -2.51. The van der Waals surface area contributed by atoms with E-state index < -0.39 is 23.5 Å². The van der Waals surface area contributed by atoms with Gasteiger partial charge >= 0.3 is 6.03 Å². The molecule has 0 spiro atoms. The maximum Gasteiger partial charge on any atom is 0.326 e. The number of ether oxygens (including phenoxy) is 2. The summed E-state index contributed by atoms with van der Waals surface area (Å²) in [7, 11) is 0. The molecule has 1 aromatic carbocycles. The van der Waals surface area contributed by atoms with Crippen LogP contribution in [0.1, 0.15) is 51.5 Å². The molecule has 2 atom stereocenters. The first-order valence-electron chi connectivity index (χ1n) is 10.3. The van der Waals surface area contributed by atoms with Gasteiger partial charge in [0.05, 0.1) is 13.2 Å². The van der Waals surface area contributed by atoms with Crippen LogP contribution in [-0.2, 0) is 15.1 Å². The van der Waals surface area contributed by atoms with Crippen molar-refractivity contribution in [1.29, 1.82) is 0 Å². The quantitative estimate of drug-likeness (QED) is 0.753. The van der Waals surface area contributed by atoms with Gasteiger partial charge < -0.3 is 20.1 Å².